The first-order chi connectivity index (χ1) is 28.8. The molecular weight excluding hydrogens is 707 g/mol. The predicted octanol–water partition coefficient (Wildman–Crippen LogP) is 15.0. The fourth-order valence-electron chi connectivity index (χ4n) is 9.62. The van der Waals surface area contributed by atoms with Gasteiger partial charge in [0.25, 0.3) is 0 Å². The first kappa shape index (κ1) is 32.6. The van der Waals surface area contributed by atoms with Crippen molar-refractivity contribution in [2.45, 2.75) is 5.41 Å². The normalized spacial score (nSPS) is 13.0. The zero-order valence-electron chi connectivity index (χ0n) is 31.5. The maximum absolute atomic E-state index is 6.61. The van der Waals surface area contributed by atoms with E-state index in [1.54, 1.807) is 0 Å². The summed E-state index contributed by atoms with van der Waals surface area (Å²) in [5.74, 6) is 0. The number of fused-ring (bicyclic) bond motifs is 9. The van der Waals surface area contributed by atoms with Crippen molar-refractivity contribution in [1.82, 2.24) is 0 Å². The second kappa shape index (κ2) is 12.7. The summed E-state index contributed by atoms with van der Waals surface area (Å²) in [6.45, 7) is 0. The molecule has 3 heteroatoms. The standard InChI is InChI=1S/C55H35NO2/c1-2-13-38(14-3-1)55(48-20-8-4-15-42(48)43-16-5-9-21-49(43)55)39-29-25-36(26-30-39)37-27-31-40(32-28-37)56(41-33-34-46-44-17-6-10-23-51(44)57-53(46)35-41)50-22-12-19-47-45-18-7-11-24-52(45)58-54(47)50/h1-35H. The van der Waals surface area contributed by atoms with E-state index in [9.17, 15) is 0 Å². The molecule has 58 heavy (non-hydrogen) atoms. The van der Waals surface area contributed by atoms with E-state index in [2.05, 4.69) is 193 Å². The quantitative estimate of drug-likeness (QED) is 0.170. The van der Waals surface area contributed by atoms with E-state index in [0.717, 1.165) is 72.1 Å². The van der Waals surface area contributed by atoms with E-state index < -0.39 is 5.41 Å². The van der Waals surface area contributed by atoms with Crippen LogP contribution in [0.4, 0.5) is 17.1 Å². The molecule has 9 aromatic carbocycles. The molecule has 0 N–H and O–H groups in total. The summed E-state index contributed by atoms with van der Waals surface area (Å²) in [5, 5.41) is 4.39. The molecule has 0 radical (unpaired) electrons. The van der Waals surface area contributed by atoms with Crippen LogP contribution in [0.2, 0.25) is 0 Å². The van der Waals surface area contributed by atoms with E-state index in [4.69, 9.17) is 8.83 Å². The van der Waals surface area contributed by atoms with E-state index >= 15 is 0 Å². The van der Waals surface area contributed by atoms with Crippen LogP contribution in [0.25, 0.3) is 66.1 Å². The van der Waals surface area contributed by atoms with Crippen LogP contribution in [0.1, 0.15) is 22.3 Å². The SMILES string of the molecule is c1ccc(C2(c3ccc(-c4ccc(N(c5ccc6c(c5)oc5ccccc56)c5cccc6c5oc5ccccc56)cc4)cc3)c3ccccc3-c3ccccc32)cc1. The topological polar surface area (TPSA) is 29.5 Å². The van der Waals surface area contributed by atoms with Gasteiger partial charge in [0, 0.05) is 33.3 Å². The lowest BCUT2D eigenvalue weighted by Crippen LogP contribution is -2.28. The summed E-state index contributed by atoms with van der Waals surface area (Å²) in [6.07, 6.45) is 0. The van der Waals surface area contributed by atoms with Crippen LogP contribution in [-0.4, -0.2) is 0 Å². The van der Waals surface area contributed by atoms with Crippen molar-refractivity contribution in [2.75, 3.05) is 4.90 Å². The molecule has 11 aromatic rings. The van der Waals surface area contributed by atoms with E-state index in [-0.39, 0.29) is 0 Å². The molecule has 1 aliphatic carbocycles. The average Bonchev–Trinajstić information content (AvgIpc) is 3.96. The van der Waals surface area contributed by atoms with Crippen molar-refractivity contribution in [3.8, 4) is 22.3 Å². The lowest BCUT2D eigenvalue weighted by Gasteiger charge is -2.34. The predicted molar refractivity (Wildman–Crippen MR) is 238 cm³/mol. The number of hydrogen-bond donors (Lipinski definition) is 0. The Morgan fingerprint density at radius 2 is 0.862 bits per heavy atom. The van der Waals surface area contributed by atoms with Gasteiger partial charge >= 0.3 is 0 Å². The highest BCUT2D eigenvalue weighted by atomic mass is 16.3. The van der Waals surface area contributed by atoms with Gasteiger partial charge in [-0.2, -0.15) is 0 Å². The molecule has 1 aliphatic rings. The summed E-state index contributed by atoms with van der Waals surface area (Å²) in [6, 6.07) is 76.2. The fraction of sp³-hybridized carbons (Fsp3) is 0.0182. The molecule has 3 nitrogen and oxygen atoms in total. The minimum Gasteiger partial charge on any atom is -0.456 e. The van der Waals surface area contributed by atoms with Crippen molar-refractivity contribution >= 4 is 60.9 Å². The van der Waals surface area contributed by atoms with E-state index in [1.807, 2.05) is 24.3 Å². The summed E-state index contributed by atoms with van der Waals surface area (Å²) >= 11 is 0. The van der Waals surface area contributed by atoms with Crippen LogP contribution in [0, 0.1) is 0 Å². The number of nitrogens with zero attached hydrogens (tertiary/aromatic N) is 1. The molecule has 12 rings (SSSR count). The van der Waals surface area contributed by atoms with Gasteiger partial charge in [0.05, 0.1) is 16.8 Å². The molecule has 0 fully saturated rings. The van der Waals surface area contributed by atoms with Gasteiger partial charge in [-0.15, -0.1) is 0 Å². The minimum atomic E-state index is -0.421. The molecule has 0 unspecified atom stereocenters. The first-order valence-electron chi connectivity index (χ1n) is 19.8. The third-order valence-corrected chi connectivity index (χ3v) is 12.2. The number of rotatable bonds is 6. The van der Waals surface area contributed by atoms with Crippen LogP contribution >= 0.6 is 0 Å². The van der Waals surface area contributed by atoms with Crippen LogP contribution < -0.4 is 4.90 Å². The zero-order valence-corrected chi connectivity index (χ0v) is 31.5. The van der Waals surface area contributed by atoms with Crippen molar-refractivity contribution < 1.29 is 8.83 Å². The smallest absolute Gasteiger partial charge is 0.159 e. The first-order valence-corrected chi connectivity index (χ1v) is 19.8. The van der Waals surface area contributed by atoms with Crippen LogP contribution in [0.5, 0.6) is 0 Å². The molecule has 0 aliphatic heterocycles. The molecular formula is C55H35NO2. The van der Waals surface area contributed by atoms with Crippen LogP contribution in [0.3, 0.4) is 0 Å². The second-order valence-corrected chi connectivity index (χ2v) is 15.2. The van der Waals surface area contributed by atoms with Crippen LogP contribution in [-0.2, 0) is 5.41 Å². The fourth-order valence-corrected chi connectivity index (χ4v) is 9.62. The van der Waals surface area contributed by atoms with Gasteiger partial charge < -0.3 is 13.7 Å². The molecule has 0 saturated carbocycles. The number of para-hydroxylation sites is 3. The molecule has 272 valence electrons. The largest absolute Gasteiger partial charge is 0.456 e. The summed E-state index contributed by atoms with van der Waals surface area (Å²) in [7, 11) is 0. The number of furan rings is 2. The molecule has 0 spiro atoms. The molecule has 0 amide bonds. The summed E-state index contributed by atoms with van der Waals surface area (Å²) in [4.78, 5) is 2.28. The Bertz CT molecular complexity index is 3290. The van der Waals surface area contributed by atoms with Gasteiger partial charge in [-0.25, -0.2) is 0 Å². The van der Waals surface area contributed by atoms with Crippen molar-refractivity contribution in [2.24, 2.45) is 0 Å². The van der Waals surface area contributed by atoms with Gasteiger partial charge in [0.15, 0.2) is 5.58 Å². The lowest BCUT2D eigenvalue weighted by atomic mass is 9.67. The van der Waals surface area contributed by atoms with Crippen molar-refractivity contribution in [1.29, 1.82) is 0 Å². The van der Waals surface area contributed by atoms with Gasteiger partial charge in [0.2, 0.25) is 0 Å². The maximum atomic E-state index is 6.61. The van der Waals surface area contributed by atoms with Gasteiger partial charge in [-0.1, -0.05) is 164 Å². The Kier molecular flexibility index (Phi) is 7.14. The van der Waals surface area contributed by atoms with Gasteiger partial charge in [-0.3, -0.25) is 0 Å². The van der Waals surface area contributed by atoms with Crippen molar-refractivity contribution in [3.63, 3.8) is 0 Å². The molecule has 0 saturated heterocycles. The summed E-state index contributed by atoms with van der Waals surface area (Å²) < 4.78 is 13.0. The average molecular weight is 742 g/mol. The van der Waals surface area contributed by atoms with Gasteiger partial charge in [-0.05, 0) is 87.0 Å². The highest BCUT2D eigenvalue weighted by Gasteiger charge is 2.45. The Labute approximate surface area is 335 Å². The van der Waals surface area contributed by atoms with Crippen molar-refractivity contribution in [3.05, 3.63) is 235 Å². The second-order valence-electron chi connectivity index (χ2n) is 15.2. The Morgan fingerprint density at radius 1 is 0.345 bits per heavy atom. The van der Waals surface area contributed by atoms with E-state index in [1.165, 1.54) is 33.4 Å². The lowest BCUT2D eigenvalue weighted by molar-refractivity contribution is 0.667. The monoisotopic (exact) mass is 741 g/mol. The Hall–Kier alpha value is -7.62. The Morgan fingerprint density at radius 3 is 1.57 bits per heavy atom. The number of hydrogen-bond acceptors (Lipinski definition) is 3. The molecule has 0 atom stereocenters. The summed E-state index contributed by atoms with van der Waals surface area (Å²) in [5.41, 5.74) is 16.0. The maximum Gasteiger partial charge on any atom is 0.159 e. The Balaban J connectivity index is 0.976. The third kappa shape index (κ3) is 4.74. The zero-order chi connectivity index (χ0) is 38.2. The minimum absolute atomic E-state index is 0.421. The van der Waals surface area contributed by atoms with Crippen LogP contribution in [0.15, 0.2) is 221 Å². The molecule has 2 aromatic heterocycles. The third-order valence-electron chi connectivity index (χ3n) is 12.2. The number of benzene rings is 9. The molecule has 2 heterocycles. The van der Waals surface area contributed by atoms with Gasteiger partial charge in [0.1, 0.15) is 16.7 Å². The van der Waals surface area contributed by atoms with E-state index in [0.29, 0.717) is 0 Å². The highest BCUT2D eigenvalue weighted by molar-refractivity contribution is 6.11. The number of anilines is 3. The highest BCUT2D eigenvalue weighted by Crippen LogP contribution is 2.56. The molecule has 0 bridgehead atoms.